The monoisotopic (exact) mass is 285 g/mol. The van der Waals surface area contributed by atoms with Gasteiger partial charge in [0.15, 0.2) is 0 Å². The lowest BCUT2D eigenvalue weighted by Crippen LogP contribution is -2.19. The number of hydrogen-bond donors (Lipinski definition) is 1. The van der Waals surface area contributed by atoms with Crippen LogP contribution in [0.2, 0.25) is 0 Å². The number of aliphatic imine (C=N–C) groups is 1. The molecule has 1 N–H and O–H groups in total. The molecule has 0 bridgehead atoms. The number of benzene rings is 1. The van der Waals surface area contributed by atoms with Gasteiger partial charge in [-0.05, 0) is 32.4 Å². The van der Waals surface area contributed by atoms with Crippen molar-refractivity contribution in [3.63, 3.8) is 0 Å². The fraction of sp³-hybridized carbons (Fsp3) is 0.412. The van der Waals surface area contributed by atoms with Gasteiger partial charge >= 0.3 is 0 Å². The molecular formula is C17H23N3O. The zero-order chi connectivity index (χ0) is 15.2. The number of nitrogens with one attached hydrogen (secondary N) is 1. The van der Waals surface area contributed by atoms with Crippen LogP contribution in [0.25, 0.3) is 5.69 Å². The molecule has 1 heterocycles. The summed E-state index contributed by atoms with van der Waals surface area (Å²) in [5, 5.41) is 3.14. The molecule has 4 nitrogen and oxygen atoms in total. The predicted molar refractivity (Wildman–Crippen MR) is 87.7 cm³/mol. The maximum atomic E-state index is 12.6. The van der Waals surface area contributed by atoms with Gasteiger partial charge in [-0.2, -0.15) is 0 Å². The van der Waals surface area contributed by atoms with Crippen LogP contribution >= 0.6 is 0 Å². The summed E-state index contributed by atoms with van der Waals surface area (Å²) in [7, 11) is 0. The van der Waals surface area contributed by atoms with Gasteiger partial charge in [-0.1, -0.05) is 38.0 Å². The number of aromatic nitrogens is 2. The van der Waals surface area contributed by atoms with E-state index in [2.05, 4.69) is 17.0 Å². The van der Waals surface area contributed by atoms with Crippen LogP contribution in [-0.2, 0) is 0 Å². The first-order valence-corrected chi connectivity index (χ1v) is 7.53. The summed E-state index contributed by atoms with van der Waals surface area (Å²) < 4.78 is 1.58. The van der Waals surface area contributed by atoms with Gasteiger partial charge in [0.05, 0.1) is 11.3 Å². The van der Waals surface area contributed by atoms with Gasteiger partial charge < -0.3 is 0 Å². The van der Waals surface area contributed by atoms with Crippen LogP contribution in [0.3, 0.4) is 0 Å². The molecule has 2 aromatic rings. The van der Waals surface area contributed by atoms with Crippen molar-refractivity contribution in [2.24, 2.45) is 4.99 Å². The highest BCUT2D eigenvalue weighted by atomic mass is 16.1. The van der Waals surface area contributed by atoms with E-state index in [9.17, 15) is 4.79 Å². The van der Waals surface area contributed by atoms with Crippen molar-refractivity contribution in [3.8, 4) is 5.69 Å². The van der Waals surface area contributed by atoms with E-state index in [-0.39, 0.29) is 5.56 Å². The molecule has 0 aliphatic rings. The fourth-order valence-corrected chi connectivity index (χ4v) is 2.42. The number of nitrogens with zero attached hydrogens (tertiary/aromatic N) is 2. The summed E-state index contributed by atoms with van der Waals surface area (Å²) in [6.07, 6.45) is 3.43. The Kier molecular flexibility index (Phi) is 5.14. The third-order valence-corrected chi connectivity index (χ3v) is 3.56. The van der Waals surface area contributed by atoms with Crippen LogP contribution in [0, 0.1) is 6.92 Å². The highest BCUT2D eigenvalue weighted by Gasteiger charge is 2.14. The number of aromatic amines is 1. The minimum absolute atomic E-state index is 0.0320. The van der Waals surface area contributed by atoms with Crippen molar-refractivity contribution in [1.82, 2.24) is 9.78 Å². The van der Waals surface area contributed by atoms with Crippen molar-refractivity contribution >= 4 is 5.71 Å². The molecule has 2 rings (SSSR count). The van der Waals surface area contributed by atoms with Crippen molar-refractivity contribution < 1.29 is 0 Å². The Hall–Kier alpha value is -2.10. The fourth-order valence-electron chi connectivity index (χ4n) is 2.42. The van der Waals surface area contributed by atoms with E-state index in [0.717, 1.165) is 30.1 Å². The first-order chi connectivity index (χ1) is 10.1. The molecule has 0 aliphatic heterocycles. The summed E-state index contributed by atoms with van der Waals surface area (Å²) in [6, 6.07) is 9.60. The molecule has 0 aliphatic carbocycles. The van der Waals surface area contributed by atoms with Gasteiger partial charge in [-0.15, -0.1) is 0 Å². The van der Waals surface area contributed by atoms with Gasteiger partial charge in [0.2, 0.25) is 0 Å². The minimum atomic E-state index is -0.0320. The Morgan fingerprint density at radius 3 is 2.62 bits per heavy atom. The van der Waals surface area contributed by atoms with Crippen molar-refractivity contribution in [2.75, 3.05) is 6.54 Å². The molecule has 0 amide bonds. The Morgan fingerprint density at radius 1 is 1.24 bits per heavy atom. The predicted octanol–water partition coefficient (Wildman–Crippen LogP) is 3.47. The molecule has 0 radical (unpaired) electrons. The van der Waals surface area contributed by atoms with Gasteiger partial charge in [-0.25, -0.2) is 4.68 Å². The number of hydrogen-bond acceptors (Lipinski definition) is 2. The second kappa shape index (κ2) is 7.07. The smallest absolute Gasteiger partial charge is 0.280 e. The van der Waals surface area contributed by atoms with Crippen molar-refractivity contribution in [1.29, 1.82) is 0 Å². The lowest BCUT2D eigenvalue weighted by Gasteiger charge is -2.00. The molecule has 0 saturated heterocycles. The minimum Gasteiger partial charge on any atom is -0.295 e. The first-order valence-electron chi connectivity index (χ1n) is 7.53. The topological polar surface area (TPSA) is 50.1 Å². The average Bonchev–Trinajstić information content (AvgIpc) is 2.79. The second-order valence-corrected chi connectivity index (χ2v) is 5.26. The van der Waals surface area contributed by atoms with Gasteiger partial charge in [-0.3, -0.25) is 14.9 Å². The number of para-hydroxylation sites is 1. The Morgan fingerprint density at radius 2 is 1.95 bits per heavy atom. The summed E-state index contributed by atoms with van der Waals surface area (Å²) in [4.78, 5) is 17.1. The molecule has 1 aromatic heterocycles. The van der Waals surface area contributed by atoms with E-state index >= 15 is 0 Å². The summed E-state index contributed by atoms with van der Waals surface area (Å²) in [5.41, 5.74) is 3.18. The molecule has 112 valence electrons. The lowest BCUT2D eigenvalue weighted by atomic mass is 10.1. The van der Waals surface area contributed by atoms with Crippen LogP contribution in [0.15, 0.2) is 40.1 Å². The number of unbranched alkanes of at least 4 members (excludes halogenated alkanes) is 2. The Labute approximate surface area is 125 Å². The molecule has 0 fully saturated rings. The molecule has 0 saturated carbocycles. The zero-order valence-corrected chi connectivity index (χ0v) is 13.0. The zero-order valence-electron chi connectivity index (χ0n) is 13.0. The number of H-pyrrole nitrogens is 1. The van der Waals surface area contributed by atoms with Crippen LogP contribution in [0.1, 0.15) is 44.4 Å². The van der Waals surface area contributed by atoms with Crippen molar-refractivity contribution in [2.45, 2.75) is 40.0 Å². The number of rotatable bonds is 6. The van der Waals surface area contributed by atoms with E-state index in [4.69, 9.17) is 0 Å². The second-order valence-electron chi connectivity index (χ2n) is 5.26. The third-order valence-electron chi connectivity index (χ3n) is 3.56. The van der Waals surface area contributed by atoms with Crippen LogP contribution in [0.5, 0.6) is 0 Å². The summed E-state index contributed by atoms with van der Waals surface area (Å²) in [6.45, 7) is 6.79. The molecule has 21 heavy (non-hydrogen) atoms. The average molecular weight is 285 g/mol. The van der Waals surface area contributed by atoms with Crippen LogP contribution in [0.4, 0.5) is 0 Å². The van der Waals surface area contributed by atoms with Crippen molar-refractivity contribution in [3.05, 3.63) is 51.9 Å². The molecular weight excluding hydrogens is 262 g/mol. The van der Waals surface area contributed by atoms with Gasteiger partial charge in [0, 0.05) is 18.0 Å². The number of aryl methyl sites for hydroxylation is 1. The van der Waals surface area contributed by atoms with E-state index in [1.807, 2.05) is 44.2 Å². The molecule has 0 unspecified atom stereocenters. The highest BCUT2D eigenvalue weighted by molar-refractivity contribution is 5.99. The normalized spacial score (nSPS) is 11.9. The van der Waals surface area contributed by atoms with E-state index in [1.54, 1.807) is 4.68 Å². The maximum Gasteiger partial charge on any atom is 0.280 e. The van der Waals surface area contributed by atoms with Crippen LogP contribution < -0.4 is 5.56 Å². The van der Waals surface area contributed by atoms with E-state index in [1.165, 1.54) is 12.8 Å². The summed E-state index contributed by atoms with van der Waals surface area (Å²) >= 11 is 0. The Bertz CT molecular complexity index is 665. The largest absolute Gasteiger partial charge is 0.295 e. The van der Waals surface area contributed by atoms with Crippen LogP contribution in [-0.4, -0.2) is 22.0 Å². The SMILES string of the molecule is CCCCCN=C(C)c1c(C)[nH]n(-c2ccccc2)c1=O. The van der Waals surface area contributed by atoms with Gasteiger partial charge in [0.25, 0.3) is 5.56 Å². The van der Waals surface area contributed by atoms with E-state index < -0.39 is 0 Å². The standard InChI is InChI=1S/C17H23N3O/c1-4-5-9-12-18-13(2)16-14(3)19-20(17(16)21)15-10-7-6-8-11-15/h6-8,10-11,19H,4-5,9,12H2,1-3H3. The quantitative estimate of drug-likeness (QED) is 0.641. The van der Waals surface area contributed by atoms with Gasteiger partial charge in [0.1, 0.15) is 0 Å². The van der Waals surface area contributed by atoms with E-state index in [0.29, 0.717) is 5.56 Å². The maximum absolute atomic E-state index is 12.6. The Balaban J connectivity index is 2.30. The lowest BCUT2D eigenvalue weighted by molar-refractivity contribution is 0.728. The third kappa shape index (κ3) is 3.51. The molecule has 0 spiro atoms. The molecule has 1 aromatic carbocycles. The molecule has 0 atom stereocenters. The highest BCUT2D eigenvalue weighted by Crippen LogP contribution is 2.08. The summed E-state index contributed by atoms with van der Waals surface area (Å²) in [5.74, 6) is 0. The molecule has 4 heteroatoms. The first kappa shape index (κ1) is 15.3.